The van der Waals surface area contributed by atoms with Gasteiger partial charge < -0.3 is 5.32 Å². The molecule has 0 aromatic heterocycles. The largest absolute Gasteiger partial charge is 0.348 e. The zero-order chi connectivity index (χ0) is 18.8. The van der Waals surface area contributed by atoms with Crippen LogP contribution in [-0.4, -0.2) is 32.7 Å². The molecule has 9 heteroatoms. The number of hydrogen-bond donors (Lipinski definition) is 1. The van der Waals surface area contributed by atoms with Gasteiger partial charge >= 0.3 is 0 Å². The number of halogens is 3. The normalized spacial score (nSPS) is 11.6. The molecule has 5 nitrogen and oxygen atoms in total. The standard InChI is InChI=1S/C16H15ClF2N2O3S/c1-21(2)25(23,24)15-7-11(3-4-14(15)17)16(22)20-9-10-5-12(18)8-13(19)6-10/h3-8H,9H2,1-2H3,(H,20,22). The van der Waals surface area contributed by atoms with Crippen molar-refractivity contribution in [1.82, 2.24) is 9.62 Å². The molecule has 0 unspecified atom stereocenters. The summed E-state index contributed by atoms with van der Waals surface area (Å²) in [6.45, 7) is -0.119. The zero-order valence-corrected chi connectivity index (χ0v) is 15.0. The van der Waals surface area contributed by atoms with Crippen LogP contribution in [0.25, 0.3) is 0 Å². The minimum atomic E-state index is -3.82. The van der Waals surface area contributed by atoms with Crippen molar-refractivity contribution >= 4 is 27.5 Å². The van der Waals surface area contributed by atoms with Gasteiger partial charge in [-0.1, -0.05) is 11.6 Å². The molecule has 1 amide bonds. The summed E-state index contributed by atoms with van der Waals surface area (Å²) in [6, 6.07) is 6.72. The third kappa shape index (κ3) is 4.53. The van der Waals surface area contributed by atoms with Gasteiger partial charge in [0, 0.05) is 32.3 Å². The van der Waals surface area contributed by atoms with Crippen molar-refractivity contribution in [2.75, 3.05) is 14.1 Å². The molecule has 0 spiro atoms. The summed E-state index contributed by atoms with van der Waals surface area (Å²) in [5.41, 5.74) is 0.294. The lowest BCUT2D eigenvalue weighted by molar-refractivity contribution is 0.0950. The summed E-state index contributed by atoms with van der Waals surface area (Å²) in [7, 11) is -1.13. The molecule has 0 atom stereocenters. The van der Waals surface area contributed by atoms with Crippen molar-refractivity contribution in [2.24, 2.45) is 0 Å². The Morgan fingerprint density at radius 3 is 2.28 bits per heavy atom. The monoisotopic (exact) mass is 388 g/mol. The number of sulfonamides is 1. The van der Waals surface area contributed by atoms with Gasteiger partial charge in [-0.15, -0.1) is 0 Å². The highest BCUT2D eigenvalue weighted by Gasteiger charge is 2.22. The lowest BCUT2D eigenvalue weighted by Crippen LogP contribution is -2.25. The molecule has 0 aliphatic rings. The highest BCUT2D eigenvalue weighted by atomic mass is 35.5. The lowest BCUT2D eigenvalue weighted by atomic mass is 10.2. The minimum absolute atomic E-state index is 0.0162. The molecule has 0 saturated carbocycles. The Labute approximate surface area is 149 Å². The molecule has 0 saturated heterocycles. The maximum Gasteiger partial charge on any atom is 0.251 e. The quantitative estimate of drug-likeness (QED) is 0.856. The Morgan fingerprint density at radius 2 is 1.72 bits per heavy atom. The lowest BCUT2D eigenvalue weighted by Gasteiger charge is -2.14. The third-order valence-corrected chi connectivity index (χ3v) is 5.62. The van der Waals surface area contributed by atoms with E-state index in [2.05, 4.69) is 5.32 Å². The van der Waals surface area contributed by atoms with E-state index in [9.17, 15) is 22.0 Å². The molecule has 2 rings (SSSR count). The highest BCUT2D eigenvalue weighted by Crippen LogP contribution is 2.24. The van der Waals surface area contributed by atoms with Crippen molar-refractivity contribution in [3.63, 3.8) is 0 Å². The Hall–Kier alpha value is -2.03. The maximum atomic E-state index is 13.1. The first-order valence-electron chi connectivity index (χ1n) is 7.06. The van der Waals surface area contributed by atoms with Crippen LogP contribution in [0.1, 0.15) is 15.9 Å². The molecule has 0 bridgehead atoms. The van der Waals surface area contributed by atoms with E-state index in [-0.39, 0.29) is 27.6 Å². The smallest absolute Gasteiger partial charge is 0.251 e. The van der Waals surface area contributed by atoms with Crippen LogP contribution in [0.5, 0.6) is 0 Å². The summed E-state index contributed by atoms with van der Waals surface area (Å²) in [5, 5.41) is 2.46. The van der Waals surface area contributed by atoms with Crippen LogP contribution in [0.15, 0.2) is 41.3 Å². The molecule has 0 fully saturated rings. The maximum absolute atomic E-state index is 13.1. The predicted octanol–water partition coefficient (Wildman–Crippen LogP) is 2.80. The third-order valence-electron chi connectivity index (χ3n) is 3.33. The molecule has 0 aliphatic heterocycles. The van der Waals surface area contributed by atoms with Crippen molar-refractivity contribution in [3.8, 4) is 0 Å². The molecule has 2 aromatic carbocycles. The van der Waals surface area contributed by atoms with E-state index in [1.807, 2.05) is 0 Å². The summed E-state index contributed by atoms with van der Waals surface area (Å²) >= 11 is 5.92. The van der Waals surface area contributed by atoms with E-state index in [0.29, 0.717) is 0 Å². The number of rotatable bonds is 5. The molecule has 2 aromatic rings. The van der Waals surface area contributed by atoms with Crippen molar-refractivity contribution < 1.29 is 22.0 Å². The molecule has 0 aliphatic carbocycles. The van der Waals surface area contributed by atoms with Gasteiger partial charge in [0.2, 0.25) is 10.0 Å². The van der Waals surface area contributed by atoms with Gasteiger partial charge in [0.1, 0.15) is 16.5 Å². The van der Waals surface area contributed by atoms with E-state index < -0.39 is 27.6 Å². The number of nitrogens with zero attached hydrogens (tertiary/aromatic N) is 1. The van der Waals surface area contributed by atoms with Gasteiger partial charge in [-0.2, -0.15) is 0 Å². The van der Waals surface area contributed by atoms with E-state index in [0.717, 1.165) is 28.6 Å². The Bertz CT molecular complexity index is 897. The van der Waals surface area contributed by atoms with Gasteiger partial charge in [-0.05, 0) is 35.9 Å². The summed E-state index contributed by atoms with van der Waals surface area (Å²) in [4.78, 5) is 12.0. The van der Waals surface area contributed by atoms with Gasteiger partial charge in [-0.25, -0.2) is 21.5 Å². The molecule has 1 N–H and O–H groups in total. The van der Waals surface area contributed by atoms with Gasteiger partial charge in [0.25, 0.3) is 5.91 Å². The Morgan fingerprint density at radius 1 is 1.12 bits per heavy atom. The number of amides is 1. The summed E-state index contributed by atoms with van der Waals surface area (Å²) in [6.07, 6.45) is 0. The molecule has 134 valence electrons. The van der Waals surface area contributed by atoms with Gasteiger partial charge in [-0.3, -0.25) is 4.79 Å². The molecular formula is C16H15ClF2N2O3S. The second kappa shape index (κ2) is 7.47. The van der Waals surface area contributed by atoms with Gasteiger partial charge in [0.05, 0.1) is 5.02 Å². The average Bonchev–Trinajstić information content (AvgIpc) is 2.51. The number of carbonyl (C=O) groups excluding carboxylic acids is 1. The van der Waals surface area contributed by atoms with E-state index in [1.54, 1.807) is 0 Å². The average molecular weight is 389 g/mol. The number of benzene rings is 2. The van der Waals surface area contributed by atoms with Crippen LogP contribution in [0.2, 0.25) is 5.02 Å². The SMILES string of the molecule is CN(C)S(=O)(=O)c1cc(C(=O)NCc2cc(F)cc(F)c2)ccc1Cl. The minimum Gasteiger partial charge on any atom is -0.348 e. The van der Waals surface area contributed by atoms with Crippen LogP contribution < -0.4 is 5.32 Å². The Kier molecular flexibility index (Phi) is 5.76. The molecule has 0 radical (unpaired) electrons. The highest BCUT2D eigenvalue weighted by molar-refractivity contribution is 7.89. The fraction of sp³-hybridized carbons (Fsp3) is 0.188. The van der Waals surface area contributed by atoms with Crippen LogP contribution in [0, 0.1) is 11.6 Å². The first kappa shape index (κ1) is 19.3. The van der Waals surface area contributed by atoms with Crippen molar-refractivity contribution in [3.05, 3.63) is 64.2 Å². The predicted molar refractivity (Wildman–Crippen MR) is 89.9 cm³/mol. The van der Waals surface area contributed by atoms with Crippen LogP contribution in [-0.2, 0) is 16.6 Å². The summed E-state index contributed by atoms with van der Waals surface area (Å²) < 4.78 is 51.7. The fourth-order valence-corrected chi connectivity index (χ4v) is 3.43. The van der Waals surface area contributed by atoms with Crippen LogP contribution in [0.4, 0.5) is 8.78 Å². The number of hydrogen-bond acceptors (Lipinski definition) is 3. The fourth-order valence-electron chi connectivity index (χ4n) is 2.04. The first-order chi connectivity index (χ1) is 11.6. The summed E-state index contributed by atoms with van der Waals surface area (Å²) in [5.74, 6) is -2.11. The Balaban J connectivity index is 2.23. The van der Waals surface area contributed by atoms with Crippen molar-refractivity contribution in [1.29, 1.82) is 0 Å². The van der Waals surface area contributed by atoms with E-state index in [1.165, 1.54) is 26.2 Å². The van der Waals surface area contributed by atoms with E-state index in [4.69, 9.17) is 11.6 Å². The van der Waals surface area contributed by atoms with E-state index >= 15 is 0 Å². The number of carbonyl (C=O) groups is 1. The molecule has 0 heterocycles. The topological polar surface area (TPSA) is 66.5 Å². The van der Waals surface area contributed by atoms with Crippen LogP contribution in [0.3, 0.4) is 0 Å². The van der Waals surface area contributed by atoms with Gasteiger partial charge in [0.15, 0.2) is 0 Å². The number of nitrogens with one attached hydrogen (secondary N) is 1. The van der Waals surface area contributed by atoms with Crippen molar-refractivity contribution in [2.45, 2.75) is 11.4 Å². The second-order valence-electron chi connectivity index (χ2n) is 5.39. The molecule has 25 heavy (non-hydrogen) atoms. The first-order valence-corrected chi connectivity index (χ1v) is 8.88. The second-order valence-corrected chi connectivity index (χ2v) is 7.92. The molecular weight excluding hydrogens is 374 g/mol. The zero-order valence-electron chi connectivity index (χ0n) is 13.4. The van der Waals surface area contributed by atoms with Crippen LogP contribution >= 0.6 is 11.6 Å².